The molecule has 0 radical (unpaired) electrons. The number of halogens is 3. The van der Waals surface area contributed by atoms with Gasteiger partial charge in [0.05, 0.1) is 24.7 Å². The van der Waals surface area contributed by atoms with E-state index in [4.69, 9.17) is 4.74 Å². The third kappa shape index (κ3) is 4.46. The molecule has 5 heterocycles. The summed E-state index contributed by atoms with van der Waals surface area (Å²) in [5.74, 6) is -0.255. The number of anilines is 3. The van der Waals surface area contributed by atoms with E-state index in [-0.39, 0.29) is 24.1 Å². The average Bonchev–Trinajstić information content (AvgIpc) is 2.87. The second-order valence-corrected chi connectivity index (χ2v) is 8.27. The van der Waals surface area contributed by atoms with Gasteiger partial charge in [0.25, 0.3) is 5.91 Å². The van der Waals surface area contributed by atoms with Crippen LogP contribution in [0.4, 0.5) is 30.6 Å². The molecule has 0 saturated carbocycles. The Morgan fingerprint density at radius 3 is 2.61 bits per heavy atom. The molecule has 0 bridgehead atoms. The number of hydrogen-bond donors (Lipinski definition) is 2. The zero-order valence-corrected chi connectivity index (χ0v) is 19.0. The highest BCUT2D eigenvalue weighted by molar-refractivity contribution is 6.05. The number of aromatic nitrogens is 5. The van der Waals surface area contributed by atoms with Crippen LogP contribution in [0.5, 0.6) is 11.6 Å². The highest BCUT2D eigenvalue weighted by Gasteiger charge is 2.40. The fraction of sp³-hybridized carbons (Fsp3) is 0.364. The van der Waals surface area contributed by atoms with E-state index in [0.29, 0.717) is 37.0 Å². The minimum absolute atomic E-state index is 0.0237. The molecule has 0 saturated heterocycles. The van der Waals surface area contributed by atoms with Crippen molar-refractivity contribution in [3.8, 4) is 11.6 Å². The lowest BCUT2D eigenvalue weighted by atomic mass is 10.0. The quantitative estimate of drug-likeness (QED) is 0.517. The number of aryl methyl sites for hydroxylation is 1. The summed E-state index contributed by atoms with van der Waals surface area (Å²) in [7, 11) is 1.72. The zero-order valence-electron chi connectivity index (χ0n) is 19.0. The number of aliphatic hydroxyl groups is 1. The van der Waals surface area contributed by atoms with Gasteiger partial charge in [0.1, 0.15) is 11.7 Å². The summed E-state index contributed by atoms with van der Waals surface area (Å²) in [5, 5.41) is 12.9. The number of amides is 1. The van der Waals surface area contributed by atoms with Gasteiger partial charge in [-0.25, -0.2) is 19.9 Å². The van der Waals surface area contributed by atoms with Crippen molar-refractivity contribution in [3.63, 3.8) is 0 Å². The number of ether oxygens (including phenoxy) is 1. The summed E-state index contributed by atoms with van der Waals surface area (Å²) in [4.78, 5) is 35.9. The molecule has 0 aliphatic carbocycles. The smallest absolute Gasteiger partial charge is 0.436 e. The maximum atomic E-state index is 12.7. The van der Waals surface area contributed by atoms with E-state index >= 15 is 0 Å². The Hall–Kier alpha value is -4.07. The molecule has 2 aliphatic heterocycles. The number of nitrogens with one attached hydrogen (secondary N) is 1. The van der Waals surface area contributed by atoms with Crippen LogP contribution in [0.25, 0.3) is 0 Å². The Morgan fingerprint density at radius 1 is 1.17 bits per heavy atom. The second-order valence-electron chi connectivity index (χ2n) is 8.27. The standard InChI is InChI=1S/C22H21F3N8O3/c1-32-15(11-34)19(35)33-6-2-3-14-17(33)18(32)31-21(30-14)29-8-12-4-5-16(26-7-12)36-13-9-27-20(28-10-13)22(23,24)25/h4-5,7,9-10,15,34H,2-3,6,8,11H2,1H3,(H,29,30,31). The molecule has 1 atom stereocenters. The minimum atomic E-state index is -4.63. The number of rotatable bonds is 6. The van der Waals surface area contributed by atoms with Gasteiger partial charge in [-0.05, 0) is 18.4 Å². The Labute approximate surface area is 203 Å². The molecule has 3 aromatic rings. The van der Waals surface area contributed by atoms with E-state index in [9.17, 15) is 23.1 Å². The van der Waals surface area contributed by atoms with E-state index in [1.54, 1.807) is 35.2 Å². The van der Waals surface area contributed by atoms with E-state index < -0.39 is 18.0 Å². The normalized spacial score (nSPS) is 17.1. The first-order valence-electron chi connectivity index (χ1n) is 11.1. The SMILES string of the molecule is CN1c2nc(NCc3ccc(Oc4cnc(C(F)(F)F)nc4)nc3)nc3c2N(CCC3)C(=O)C1CO. The first-order valence-corrected chi connectivity index (χ1v) is 11.1. The number of hydrogen-bond acceptors (Lipinski definition) is 10. The van der Waals surface area contributed by atoms with Gasteiger partial charge >= 0.3 is 6.18 Å². The second kappa shape index (κ2) is 9.18. The fourth-order valence-electron chi connectivity index (χ4n) is 4.09. The number of alkyl halides is 3. The van der Waals surface area contributed by atoms with Crippen LogP contribution in [-0.2, 0) is 23.9 Å². The van der Waals surface area contributed by atoms with Crippen molar-refractivity contribution < 1.29 is 27.8 Å². The number of carbonyl (C=O) groups excluding carboxylic acids is 1. The predicted octanol–water partition coefficient (Wildman–Crippen LogP) is 2.17. The molecule has 0 aromatic carbocycles. The molecule has 3 aromatic heterocycles. The van der Waals surface area contributed by atoms with E-state index in [1.807, 2.05) is 0 Å². The van der Waals surface area contributed by atoms with Crippen molar-refractivity contribution in [2.75, 3.05) is 35.3 Å². The molecule has 1 amide bonds. The van der Waals surface area contributed by atoms with Crippen LogP contribution in [0.15, 0.2) is 30.7 Å². The van der Waals surface area contributed by atoms with Crippen LogP contribution >= 0.6 is 0 Å². The number of likely N-dealkylation sites (N-methyl/N-ethyl adjacent to an activating group) is 1. The van der Waals surface area contributed by atoms with Gasteiger partial charge in [-0.15, -0.1) is 0 Å². The van der Waals surface area contributed by atoms with Crippen molar-refractivity contribution in [1.82, 2.24) is 24.9 Å². The Kier molecular flexibility index (Phi) is 6.04. The third-order valence-electron chi connectivity index (χ3n) is 5.88. The molecule has 36 heavy (non-hydrogen) atoms. The Morgan fingerprint density at radius 2 is 1.94 bits per heavy atom. The van der Waals surface area contributed by atoms with Gasteiger partial charge in [0, 0.05) is 32.4 Å². The number of aliphatic hydroxyl groups excluding tert-OH is 1. The van der Waals surface area contributed by atoms with Gasteiger partial charge in [0.15, 0.2) is 11.6 Å². The van der Waals surface area contributed by atoms with Gasteiger partial charge in [-0.2, -0.15) is 18.2 Å². The van der Waals surface area contributed by atoms with Crippen molar-refractivity contribution in [2.24, 2.45) is 0 Å². The molecule has 14 heteroatoms. The Balaban J connectivity index is 1.27. The average molecular weight is 502 g/mol. The number of nitrogens with zero attached hydrogens (tertiary/aromatic N) is 7. The summed E-state index contributed by atoms with van der Waals surface area (Å²) >= 11 is 0. The Bertz CT molecular complexity index is 1270. The van der Waals surface area contributed by atoms with Crippen LogP contribution in [0, 0.1) is 0 Å². The van der Waals surface area contributed by atoms with Crippen LogP contribution in [0.3, 0.4) is 0 Å². The van der Waals surface area contributed by atoms with Crippen molar-refractivity contribution >= 4 is 23.4 Å². The molecule has 0 spiro atoms. The summed E-state index contributed by atoms with van der Waals surface area (Å²) < 4.78 is 43.1. The van der Waals surface area contributed by atoms with E-state index in [2.05, 4.69) is 30.2 Å². The van der Waals surface area contributed by atoms with E-state index in [1.165, 1.54) is 0 Å². The first kappa shape index (κ1) is 23.7. The summed E-state index contributed by atoms with van der Waals surface area (Å²) in [6.07, 6.45) is 0.259. The summed E-state index contributed by atoms with van der Waals surface area (Å²) in [6, 6.07) is 2.60. The van der Waals surface area contributed by atoms with Gasteiger partial charge in [-0.1, -0.05) is 6.07 Å². The largest absolute Gasteiger partial charge is 0.451 e. The fourth-order valence-corrected chi connectivity index (χ4v) is 4.09. The lowest BCUT2D eigenvalue weighted by Gasteiger charge is -2.42. The molecule has 188 valence electrons. The maximum Gasteiger partial charge on any atom is 0.451 e. The molecule has 2 aliphatic rings. The van der Waals surface area contributed by atoms with Gasteiger partial charge in [0.2, 0.25) is 17.7 Å². The lowest BCUT2D eigenvalue weighted by molar-refractivity contribution is -0.145. The molecule has 11 nitrogen and oxygen atoms in total. The van der Waals surface area contributed by atoms with Crippen molar-refractivity contribution in [1.29, 1.82) is 0 Å². The maximum absolute atomic E-state index is 12.7. The molecular formula is C22H21F3N8O3. The number of pyridine rings is 1. The first-order chi connectivity index (χ1) is 17.2. The topological polar surface area (TPSA) is 129 Å². The molecule has 0 fully saturated rings. The highest BCUT2D eigenvalue weighted by atomic mass is 19.4. The lowest BCUT2D eigenvalue weighted by Crippen LogP contribution is -2.55. The molecule has 1 unspecified atom stereocenters. The molecular weight excluding hydrogens is 481 g/mol. The predicted molar refractivity (Wildman–Crippen MR) is 121 cm³/mol. The van der Waals surface area contributed by atoms with E-state index in [0.717, 1.165) is 30.1 Å². The minimum Gasteiger partial charge on any atom is -0.436 e. The molecule has 5 rings (SSSR count). The number of carbonyl (C=O) groups is 1. The highest BCUT2D eigenvalue weighted by Crippen LogP contribution is 2.39. The monoisotopic (exact) mass is 502 g/mol. The van der Waals surface area contributed by atoms with Crippen molar-refractivity contribution in [3.05, 3.63) is 47.8 Å². The third-order valence-corrected chi connectivity index (χ3v) is 5.88. The summed E-state index contributed by atoms with van der Waals surface area (Å²) in [6.45, 7) is 0.592. The van der Waals surface area contributed by atoms with Crippen LogP contribution < -0.4 is 19.9 Å². The van der Waals surface area contributed by atoms with Crippen LogP contribution in [-0.4, -0.2) is 62.2 Å². The summed E-state index contributed by atoms with van der Waals surface area (Å²) in [5.41, 5.74) is 2.24. The van der Waals surface area contributed by atoms with Crippen LogP contribution in [0.2, 0.25) is 0 Å². The van der Waals surface area contributed by atoms with Crippen molar-refractivity contribution in [2.45, 2.75) is 31.6 Å². The van der Waals surface area contributed by atoms with Gasteiger partial charge < -0.3 is 25.0 Å². The van der Waals surface area contributed by atoms with Crippen LogP contribution in [0.1, 0.15) is 23.5 Å². The molecule has 2 N–H and O–H groups in total. The zero-order chi connectivity index (χ0) is 25.4. The van der Waals surface area contributed by atoms with Gasteiger partial charge in [-0.3, -0.25) is 4.79 Å².